The van der Waals surface area contributed by atoms with Crippen LogP contribution in [0.15, 0.2) is 30.5 Å². The molecule has 0 bridgehead atoms. The molecule has 0 spiro atoms. The van der Waals surface area contributed by atoms with Crippen molar-refractivity contribution in [2.45, 2.75) is 31.1 Å². The van der Waals surface area contributed by atoms with Crippen LogP contribution in [-0.2, 0) is 4.79 Å². The number of halogens is 1. The van der Waals surface area contributed by atoms with Gasteiger partial charge in [-0.25, -0.2) is 4.39 Å². The highest BCUT2D eigenvalue weighted by Crippen LogP contribution is 2.27. The molecule has 2 saturated heterocycles. The van der Waals surface area contributed by atoms with Crippen molar-refractivity contribution >= 4 is 28.4 Å². The molecule has 0 unspecified atom stereocenters. The number of nitrogens with zero attached hydrogens (tertiary/aromatic N) is 4. The highest BCUT2D eigenvalue weighted by Gasteiger charge is 2.36. The molecule has 162 valence electrons. The van der Waals surface area contributed by atoms with Gasteiger partial charge in [-0.3, -0.25) is 19.5 Å². The van der Waals surface area contributed by atoms with Gasteiger partial charge in [-0.15, -0.1) is 0 Å². The van der Waals surface area contributed by atoms with E-state index in [1.165, 1.54) is 4.90 Å². The van der Waals surface area contributed by atoms with E-state index in [0.29, 0.717) is 17.6 Å². The van der Waals surface area contributed by atoms with Crippen LogP contribution < -0.4 is 10.6 Å². The molecule has 2 amide bonds. The second kappa shape index (κ2) is 8.86. The number of aromatic nitrogens is 1. The normalized spacial score (nSPS) is 23.6. The van der Waals surface area contributed by atoms with E-state index in [0.717, 1.165) is 24.0 Å². The van der Waals surface area contributed by atoms with Crippen molar-refractivity contribution in [3.63, 3.8) is 0 Å². The lowest BCUT2D eigenvalue weighted by atomic mass is 10.1. The average molecular weight is 424 g/mol. The summed E-state index contributed by atoms with van der Waals surface area (Å²) in [4.78, 5) is 32.5. The maximum Gasteiger partial charge on any atom is 0.253 e. The Hall–Kier alpha value is -3.25. The molecule has 0 aliphatic carbocycles. The van der Waals surface area contributed by atoms with Gasteiger partial charge in [0.1, 0.15) is 12.2 Å². The zero-order valence-corrected chi connectivity index (χ0v) is 17.3. The van der Waals surface area contributed by atoms with Gasteiger partial charge in [0, 0.05) is 49.9 Å². The van der Waals surface area contributed by atoms with Crippen LogP contribution in [0.2, 0.25) is 0 Å². The molecule has 31 heavy (non-hydrogen) atoms. The molecule has 1 aromatic heterocycles. The van der Waals surface area contributed by atoms with Crippen LogP contribution in [0.4, 0.5) is 10.1 Å². The monoisotopic (exact) mass is 424 g/mol. The van der Waals surface area contributed by atoms with Gasteiger partial charge < -0.3 is 15.5 Å². The lowest BCUT2D eigenvalue weighted by Gasteiger charge is -2.23. The van der Waals surface area contributed by atoms with Gasteiger partial charge in [0.2, 0.25) is 5.91 Å². The Morgan fingerprint density at radius 2 is 2.16 bits per heavy atom. The van der Waals surface area contributed by atoms with Crippen molar-refractivity contribution in [3.05, 3.63) is 36.0 Å². The topological polar surface area (TPSA) is 101 Å². The summed E-state index contributed by atoms with van der Waals surface area (Å²) in [5.41, 5.74) is 2.04. The number of hydrogen-bond donors (Lipinski definition) is 2. The smallest absolute Gasteiger partial charge is 0.253 e. The molecule has 2 aliphatic rings. The molecule has 2 N–H and O–H groups in total. The maximum absolute atomic E-state index is 13.6. The molecule has 9 heteroatoms. The maximum atomic E-state index is 13.6. The predicted molar refractivity (Wildman–Crippen MR) is 114 cm³/mol. The van der Waals surface area contributed by atoms with Crippen molar-refractivity contribution < 1.29 is 14.0 Å². The number of nitriles is 1. The Kier molecular flexibility index (Phi) is 6.00. The van der Waals surface area contributed by atoms with E-state index in [1.54, 1.807) is 19.3 Å². The van der Waals surface area contributed by atoms with E-state index in [-0.39, 0.29) is 37.4 Å². The van der Waals surface area contributed by atoms with Crippen LogP contribution in [0.3, 0.4) is 0 Å². The zero-order chi connectivity index (χ0) is 22.0. The van der Waals surface area contributed by atoms with E-state index in [1.807, 2.05) is 29.2 Å². The number of pyridine rings is 1. The summed E-state index contributed by atoms with van der Waals surface area (Å²) in [6.07, 6.45) is 1.48. The summed E-state index contributed by atoms with van der Waals surface area (Å²) in [7, 11) is 1.59. The van der Waals surface area contributed by atoms with Crippen molar-refractivity contribution in [2.24, 2.45) is 0 Å². The third-order valence-corrected chi connectivity index (χ3v) is 5.95. The lowest BCUT2D eigenvalue weighted by molar-refractivity contribution is -0.132. The van der Waals surface area contributed by atoms with Crippen molar-refractivity contribution in [2.75, 3.05) is 38.5 Å². The van der Waals surface area contributed by atoms with Crippen LogP contribution >= 0.6 is 0 Å². The number of fused-ring (bicyclic) bond motifs is 1. The van der Waals surface area contributed by atoms with Crippen LogP contribution in [0.25, 0.3) is 10.9 Å². The molecule has 0 saturated carbocycles. The van der Waals surface area contributed by atoms with Crippen LogP contribution in [0, 0.1) is 11.3 Å². The van der Waals surface area contributed by atoms with Crippen molar-refractivity contribution in [1.29, 1.82) is 5.26 Å². The van der Waals surface area contributed by atoms with Gasteiger partial charge >= 0.3 is 0 Å². The summed E-state index contributed by atoms with van der Waals surface area (Å²) >= 11 is 0. The Balaban J connectivity index is 1.42. The number of nitrogens with one attached hydrogen (secondary N) is 2. The molecule has 3 heterocycles. The molecular formula is C22H25FN6O2. The van der Waals surface area contributed by atoms with Crippen LogP contribution in [0.1, 0.15) is 23.2 Å². The molecule has 2 aliphatic heterocycles. The zero-order valence-electron chi connectivity index (χ0n) is 17.3. The van der Waals surface area contributed by atoms with E-state index >= 15 is 0 Å². The number of alkyl halides is 1. The van der Waals surface area contributed by atoms with E-state index in [2.05, 4.69) is 15.6 Å². The number of hydrogen-bond acceptors (Lipinski definition) is 6. The van der Waals surface area contributed by atoms with Gasteiger partial charge in [0.25, 0.3) is 5.91 Å². The molecule has 4 rings (SSSR count). The van der Waals surface area contributed by atoms with Crippen LogP contribution in [-0.4, -0.2) is 78.1 Å². The van der Waals surface area contributed by atoms with E-state index in [9.17, 15) is 14.0 Å². The second-order valence-corrected chi connectivity index (χ2v) is 8.03. The van der Waals surface area contributed by atoms with Crippen molar-refractivity contribution in [3.8, 4) is 6.07 Å². The van der Waals surface area contributed by atoms with Crippen molar-refractivity contribution in [1.82, 2.24) is 20.1 Å². The SMILES string of the molecule is CNC(=O)c1ccc(N[C@H]2CCN(CC(=O)N3C[C@@H](F)C[C@H]3C#N)C2)c2cccnc12. The second-order valence-electron chi connectivity index (χ2n) is 8.03. The van der Waals surface area contributed by atoms with Gasteiger partial charge in [0.15, 0.2) is 0 Å². The molecule has 8 nitrogen and oxygen atoms in total. The number of likely N-dealkylation sites (tertiary alicyclic amines) is 2. The highest BCUT2D eigenvalue weighted by atomic mass is 19.1. The molecule has 2 aromatic rings. The Morgan fingerprint density at radius 3 is 2.94 bits per heavy atom. The lowest BCUT2D eigenvalue weighted by Crippen LogP contribution is -2.42. The Morgan fingerprint density at radius 1 is 1.32 bits per heavy atom. The Bertz CT molecular complexity index is 1040. The highest BCUT2D eigenvalue weighted by molar-refractivity contribution is 6.08. The summed E-state index contributed by atoms with van der Waals surface area (Å²) in [5, 5.41) is 16.2. The summed E-state index contributed by atoms with van der Waals surface area (Å²) in [6.45, 7) is 1.58. The number of amides is 2. The standard InChI is InChI=1S/C22H25FN6O2/c1-25-22(31)18-4-5-19(17-3-2-7-26-21(17)18)27-15-6-8-28(12-15)13-20(30)29-11-14(23)9-16(29)10-24/h2-5,7,14-16,27H,6,8-9,11-13H2,1H3,(H,25,31)/t14-,15-,16-/m0/s1. The molecule has 1 aromatic carbocycles. The van der Waals surface area contributed by atoms with Gasteiger partial charge in [-0.1, -0.05) is 0 Å². The minimum absolute atomic E-state index is 0.00323. The van der Waals surface area contributed by atoms with Gasteiger partial charge in [-0.2, -0.15) is 5.26 Å². The Labute approximate surface area is 180 Å². The summed E-state index contributed by atoms with van der Waals surface area (Å²) in [6, 6.07) is 8.88. The molecular weight excluding hydrogens is 399 g/mol. The van der Waals surface area contributed by atoms with Gasteiger partial charge in [-0.05, 0) is 30.7 Å². The number of benzene rings is 1. The molecule has 3 atom stereocenters. The first kappa shape index (κ1) is 21.0. The fourth-order valence-corrected chi connectivity index (χ4v) is 4.40. The fraction of sp³-hybridized carbons (Fsp3) is 0.455. The van der Waals surface area contributed by atoms with Crippen LogP contribution in [0.5, 0.6) is 0 Å². The first-order valence-corrected chi connectivity index (χ1v) is 10.4. The first-order valence-electron chi connectivity index (χ1n) is 10.4. The minimum Gasteiger partial charge on any atom is -0.380 e. The number of anilines is 1. The summed E-state index contributed by atoms with van der Waals surface area (Å²) < 4.78 is 13.6. The number of carbonyl (C=O) groups excluding carboxylic acids is 2. The fourth-order valence-electron chi connectivity index (χ4n) is 4.40. The molecule has 2 fully saturated rings. The quantitative estimate of drug-likeness (QED) is 0.755. The average Bonchev–Trinajstić information content (AvgIpc) is 3.39. The van der Waals surface area contributed by atoms with E-state index in [4.69, 9.17) is 5.26 Å². The summed E-state index contributed by atoms with van der Waals surface area (Å²) in [5.74, 6) is -0.383. The number of rotatable bonds is 5. The predicted octanol–water partition coefficient (Wildman–Crippen LogP) is 1.54. The first-order chi connectivity index (χ1) is 15.0. The third kappa shape index (κ3) is 4.30. The van der Waals surface area contributed by atoms with Gasteiger partial charge in [0.05, 0.1) is 30.2 Å². The third-order valence-electron chi connectivity index (χ3n) is 5.95. The molecule has 0 radical (unpaired) electrons. The minimum atomic E-state index is -1.12. The van der Waals surface area contributed by atoms with E-state index < -0.39 is 12.2 Å². The number of carbonyl (C=O) groups is 2. The largest absolute Gasteiger partial charge is 0.380 e.